The van der Waals surface area contributed by atoms with Crippen LogP contribution in [0.4, 0.5) is 0 Å². The fourth-order valence-electron chi connectivity index (χ4n) is 1.48. The summed E-state index contributed by atoms with van der Waals surface area (Å²) in [6, 6.07) is 6.50. The van der Waals surface area contributed by atoms with E-state index in [1.54, 1.807) is 0 Å². The van der Waals surface area contributed by atoms with Gasteiger partial charge in [-0.1, -0.05) is 44.5 Å². The Morgan fingerprint density at radius 1 is 1.29 bits per heavy atom. The molecule has 0 spiro atoms. The van der Waals surface area contributed by atoms with Crippen LogP contribution in [0.5, 0.6) is 0 Å². The third-order valence-corrected chi connectivity index (χ3v) is 2.50. The summed E-state index contributed by atoms with van der Waals surface area (Å²) in [5.74, 6) is 1.58. The SMILES string of the molecule is C[C](CO)c1cc(C)cc(C(C)C)c1. The monoisotopic (exact) mass is 191 g/mol. The number of benzene rings is 1. The smallest absolute Gasteiger partial charge is 0.0534 e. The predicted molar refractivity (Wildman–Crippen MR) is 60.4 cm³/mol. The Labute approximate surface area is 86.8 Å². The number of hydrogen-bond acceptors (Lipinski definition) is 1. The van der Waals surface area contributed by atoms with Crippen molar-refractivity contribution >= 4 is 0 Å². The summed E-state index contributed by atoms with van der Waals surface area (Å²) in [7, 11) is 0. The number of aryl methyl sites for hydroxylation is 1. The van der Waals surface area contributed by atoms with Gasteiger partial charge in [0.15, 0.2) is 0 Å². The van der Waals surface area contributed by atoms with Crippen LogP contribution in [0, 0.1) is 12.8 Å². The first-order chi connectivity index (χ1) is 6.54. The molecule has 0 saturated heterocycles. The molecule has 0 aliphatic heterocycles. The molecule has 14 heavy (non-hydrogen) atoms. The van der Waals surface area contributed by atoms with Crippen molar-refractivity contribution in [1.82, 2.24) is 0 Å². The Balaban J connectivity index is 3.07. The molecule has 1 nitrogen and oxygen atoms in total. The lowest BCUT2D eigenvalue weighted by Gasteiger charge is -2.13. The van der Waals surface area contributed by atoms with Crippen LogP contribution in [-0.2, 0) is 0 Å². The first-order valence-electron chi connectivity index (χ1n) is 5.10. The minimum absolute atomic E-state index is 0.140. The van der Waals surface area contributed by atoms with Crippen LogP contribution in [0.15, 0.2) is 18.2 Å². The molecular weight excluding hydrogens is 172 g/mol. The molecule has 0 bridgehead atoms. The zero-order valence-electron chi connectivity index (χ0n) is 9.46. The van der Waals surface area contributed by atoms with E-state index in [9.17, 15) is 0 Å². The van der Waals surface area contributed by atoms with Gasteiger partial charge in [-0.05, 0) is 24.0 Å². The molecule has 0 saturated carbocycles. The molecule has 0 aliphatic rings. The molecule has 0 atom stereocenters. The summed E-state index contributed by atoms with van der Waals surface area (Å²) in [5, 5.41) is 9.07. The lowest BCUT2D eigenvalue weighted by molar-refractivity contribution is 0.315. The van der Waals surface area contributed by atoms with Crippen LogP contribution < -0.4 is 0 Å². The highest BCUT2D eigenvalue weighted by Gasteiger charge is 2.08. The number of rotatable bonds is 3. The summed E-state index contributed by atoms with van der Waals surface area (Å²) in [6.45, 7) is 8.58. The average Bonchev–Trinajstić information content (AvgIpc) is 2.15. The second kappa shape index (κ2) is 4.61. The van der Waals surface area contributed by atoms with Crippen LogP contribution in [0.1, 0.15) is 43.4 Å². The molecule has 77 valence electrons. The second-order valence-electron chi connectivity index (χ2n) is 4.23. The lowest BCUT2D eigenvalue weighted by Crippen LogP contribution is -2.02. The van der Waals surface area contributed by atoms with Gasteiger partial charge in [0.25, 0.3) is 0 Å². The van der Waals surface area contributed by atoms with Crippen molar-refractivity contribution in [3.8, 4) is 0 Å². The maximum absolute atomic E-state index is 9.07. The van der Waals surface area contributed by atoms with Crippen molar-refractivity contribution in [1.29, 1.82) is 0 Å². The Morgan fingerprint density at radius 3 is 2.43 bits per heavy atom. The van der Waals surface area contributed by atoms with Crippen LogP contribution >= 0.6 is 0 Å². The third-order valence-electron chi connectivity index (χ3n) is 2.50. The van der Waals surface area contributed by atoms with E-state index in [1.165, 1.54) is 11.1 Å². The third kappa shape index (κ3) is 2.58. The molecule has 0 amide bonds. The molecule has 1 aromatic rings. The van der Waals surface area contributed by atoms with Gasteiger partial charge < -0.3 is 5.11 Å². The van der Waals surface area contributed by atoms with E-state index < -0.39 is 0 Å². The molecule has 1 rings (SSSR count). The lowest BCUT2D eigenvalue weighted by atomic mass is 9.93. The number of aliphatic hydroxyl groups is 1. The van der Waals surface area contributed by atoms with E-state index in [4.69, 9.17) is 5.11 Å². The molecule has 0 heterocycles. The summed E-state index contributed by atoms with van der Waals surface area (Å²) >= 11 is 0. The Bertz CT molecular complexity index is 302. The van der Waals surface area contributed by atoms with Crippen molar-refractivity contribution in [2.45, 2.75) is 33.6 Å². The molecular formula is C13H19O. The van der Waals surface area contributed by atoms with Gasteiger partial charge in [-0.3, -0.25) is 0 Å². The molecule has 0 fully saturated rings. The van der Waals surface area contributed by atoms with Crippen molar-refractivity contribution in [2.75, 3.05) is 6.61 Å². The molecule has 0 aromatic heterocycles. The van der Waals surface area contributed by atoms with Crippen LogP contribution in [0.2, 0.25) is 0 Å². The van der Waals surface area contributed by atoms with Crippen molar-refractivity contribution < 1.29 is 5.11 Å². The first kappa shape index (κ1) is 11.3. The van der Waals surface area contributed by atoms with Gasteiger partial charge >= 0.3 is 0 Å². The number of hydrogen-bond donors (Lipinski definition) is 1. The highest BCUT2D eigenvalue weighted by molar-refractivity contribution is 5.38. The van der Waals surface area contributed by atoms with E-state index in [1.807, 2.05) is 6.92 Å². The van der Waals surface area contributed by atoms with Crippen LogP contribution in [0.3, 0.4) is 0 Å². The van der Waals surface area contributed by atoms with Crippen molar-refractivity contribution in [2.24, 2.45) is 0 Å². The Hall–Kier alpha value is -0.820. The number of aliphatic hydroxyl groups excluding tert-OH is 1. The molecule has 0 unspecified atom stereocenters. The fraction of sp³-hybridized carbons (Fsp3) is 0.462. The largest absolute Gasteiger partial charge is 0.395 e. The molecule has 0 aliphatic carbocycles. The fourth-order valence-corrected chi connectivity index (χ4v) is 1.48. The van der Waals surface area contributed by atoms with Crippen molar-refractivity contribution in [3.63, 3.8) is 0 Å². The zero-order chi connectivity index (χ0) is 10.7. The van der Waals surface area contributed by atoms with E-state index in [0.29, 0.717) is 5.92 Å². The zero-order valence-corrected chi connectivity index (χ0v) is 9.46. The average molecular weight is 191 g/mol. The molecule has 1 N–H and O–H groups in total. The van der Waals surface area contributed by atoms with E-state index in [0.717, 1.165) is 11.5 Å². The standard InChI is InChI=1S/C13H19O/c1-9(2)12-5-10(3)6-13(7-12)11(4)8-14/h5-7,9,14H,8H2,1-4H3. The highest BCUT2D eigenvalue weighted by Crippen LogP contribution is 2.22. The Kier molecular flexibility index (Phi) is 3.70. The van der Waals surface area contributed by atoms with Crippen LogP contribution in [0.25, 0.3) is 0 Å². The first-order valence-corrected chi connectivity index (χ1v) is 5.10. The maximum Gasteiger partial charge on any atom is 0.0534 e. The van der Waals surface area contributed by atoms with E-state index in [2.05, 4.69) is 39.0 Å². The van der Waals surface area contributed by atoms with Crippen LogP contribution in [-0.4, -0.2) is 11.7 Å². The quantitative estimate of drug-likeness (QED) is 0.778. The minimum Gasteiger partial charge on any atom is -0.395 e. The molecule has 1 aromatic carbocycles. The van der Waals surface area contributed by atoms with Gasteiger partial charge in [0.2, 0.25) is 0 Å². The highest BCUT2D eigenvalue weighted by atomic mass is 16.3. The maximum atomic E-state index is 9.07. The van der Waals surface area contributed by atoms with Gasteiger partial charge in [0.05, 0.1) is 6.61 Å². The Morgan fingerprint density at radius 2 is 1.93 bits per heavy atom. The van der Waals surface area contributed by atoms with Gasteiger partial charge in [0.1, 0.15) is 0 Å². The molecule has 1 radical (unpaired) electrons. The molecule has 1 heteroatoms. The summed E-state index contributed by atoms with van der Waals surface area (Å²) < 4.78 is 0. The summed E-state index contributed by atoms with van der Waals surface area (Å²) in [6.07, 6.45) is 0. The minimum atomic E-state index is 0.140. The predicted octanol–water partition coefficient (Wildman–Crippen LogP) is 3.05. The van der Waals surface area contributed by atoms with Gasteiger partial charge in [-0.25, -0.2) is 0 Å². The van der Waals surface area contributed by atoms with Gasteiger partial charge in [0, 0.05) is 5.92 Å². The van der Waals surface area contributed by atoms with E-state index >= 15 is 0 Å². The summed E-state index contributed by atoms with van der Waals surface area (Å²) in [4.78, 5) is 0. The normalized spacial score (nSPS) is 11.4. The van der Waals surface area contributed by atoms with E-state index in [-0.39, 0.29) is 6.61 Å². The topological polar surface area (TPSA) is 20.2 Å². The summed E-state index contributed by atoms with van der Waals surface area (Å²) in [5.41, 5.74) is 3.77. The van der Waals surface area contributed by atoms with Gasteiger partial charge in [-0.15, -0.1) is 0 Å². The second-order valence-corrected chi connectivity index (χ2v) is 4.23. The van der Waals surface area contributed by atoms with Gasteiger partial charge in [-0.2, -0.15) is 0 Å². The van der Waals surface area contributed by atoms with Crippen molar-refractivity contribution in [3.05, 3.63) is 40.8 Å².